The number of hydrogen-bond donors (Lipinski definition) is 1. The Bertz CT molecular complexity index is 1580. The first-order valence-corrected chi connectivity index (χ1v) is 12.2. The van der Waals surface area contributed by atoms with Gasteiger partial charge >= 0.3 is 6.18 Å². The molecule has 1 atom stereocenters. The Morgan fingerprint density at radius 1 is 1.18 bits per heavy atom. The molecule has 0 saturated carbocycles. The number of pyridine rings is 2. The average Bonchev–Trinajstić information content (AvgIpc) is 3.06. The molecule has 1 amide bonds. The molecule has 0 aliphatic carbocycles. The van der Waals surface area contributed by atoms with E-state index in [4.69, 9.17) is 33.7 Å². The SMILES string of the molecule is C=C(F)C(=O)N1CCN2c3c(cnc4c(=O)n(-c5c(N)c(Cl)cc(Cl)c5F)c(C(F)(F)F)cc34)OCCC2C1. The van der Waals surface area contributed by atoms with Crippen LogP contribution in [-0.4, -0.2) is 52.6 Å². The Morgan fingerprint density at radius 2 is 1.90 bits per heavy atom. The molecule has 4 heterocycles. The Balaban J connectivity index is 1.77. The van der Waals surface area contributed by atoms with Gasteiger partial charge in [-0.05, 0) is 12.1 Å². The highest BCUT2D eigenvalue weighted by Gasteiger charge is 2.40. The lowest BCUT2D eigenvalue weighted by atomic mass is 10.1. The van der Waals surface area contributed by atoms with Gasteiger partial charge in [0, 0.05) is 31.4 Å². The van der Waals surface area contributed by atoms with Gasteiger partial charge in [0.25, 0.3) is 11.5 Å². The van der Waals surface area contributed by atoms with Crippen LogP contribution in [0.2, 0.25) is 10.0 Å². The van der Waals surface area contributed by atoms with Crippen molar-refractivity contribution < 1.29 is 31.5 Å². The second kappa shape index (κ2) is 9.56. The van der Waals surface area contributed by atoms with Crippen molar-refractivity contribution in [2.24, 2.45) is 0 Å². The van der Waals surface area contributed by atoms with Crippen LogP contribution in [0.25, 0.3) is 16.6 Å². The minimum absolute atomic E-state index is 0.0352. The van der Waals surface area contributed by atoms with Crippen LogP contribution in [0.15, 0.2) is 35.5 Å². The van der Waals surface area contributed by atoms with E-state index in [1.807, 2.05) is 0 Å². The zero-order valence-corrected chi connectivity index (χ0v) is 21.3. The molecule has 2 aromatic heterocycles. The number of anilines is 2. The molecule has 2 aliphatic heterocycles. The first-order valence-electron chi connectivity index (χ1n) is 11.4. The molecule has 5 rings (SSSR count). The first-order chi connectivity index (χ1) is 18.3. The zero-order chi connectivity index (χ0) is 28.4. The van der Waals surface area contributed by atoms with Crippen molar-refractivity contribution in [3.05, 3.63) is 62.6 Å². The number of nitrogens with zero attached hydrogens (tertiary/aromatic N) is 4. The van der Waals surface area contributed by atoms with Crippen molar-refractivity contribution >= 4 is 51.4 Å². The number of amides is 1. The van der Waals surface area contributed by atoms with Crippen molar-refractivity contribution in [3.8, 4) is 11.4 Å². The third-order valence-electron chi connectivity index (χ3n) is 6.68. The van der Waals surface area contributed by atoms with Gasteiger partial charge in [0.1, 0.15) is 16.9 Å². The van der Waals surface area contributed by atoms with Crippen molar-refractivity contribution in [2.75, 3.05) is 36.9 Å². The van der Waals surface area contributed by atoms with Crippen LogP contribution in [0, 0.1) is 5.82 Å². The molecule has 3 aromatic rings. The molecule has 1 saturated heterocycles. The largest absolute Gasteiger partial charge is 0.490 e. The molecule has 2 N–H and O–H groups in total. The van der Waals surface area contributed by atoms with Crippen LogP contribution in [-0.2, 0) is 11.0 Å². The highest BCUT2D eigenvalue weighted by molar-refractivity contribution is 6.37. The summed E-state index contributed by atoms with van der Waals surface area (Å²) in [7, 11) is 0. The predicted octanol–water partition coefficient (Wildman–Crippen LogP) is 4.72. The number of nitrogen functional groups attached to an aromatic ring is 1. The number of halogens is 7. The molecule has 206 valence electrons. The molecule has 0 bridgehead atoms. The van der Waals surface area contributed by atoms with Gasteiger partial charge < -0.3 is 20.3 Å². The fourth-order valence-corrected chi connectivity index (χ4v) is 5.38. The van der Waals surface area contributed by atoms with Crippen molar-refractivity contribution in [2.45, 2.75) is 18.6 Å². The Labute approximate surface area is 226 Å². The van der Waals surface area contributed by atoms with E-state index in [2.05, 4.69) is 11.6 Å². The quantitative estimate of drug-likeness (QED) is 0.201. The topological polar surface area (TPSA) is 93.7 Å². The lowest BCUT2D eigenvalue weighted by Crippen LogP contribution is -2.55. The number of aromatic nitrogens is 2. The fraction of sp³-hybridized carbons (Fsp3) is 0.292. The summed E-state index contributed by atoms with van der Waals surface area (Å²) in [6.07, 6.45) is -3.64. The summed E-state index contributed by atoms with van der Waals surface area (Å²) in [6.45, 7) is 3.31. The summed E-state index contributed by atoms with van der Waals surface area (Å²) in [4.78, 5) is 32.8. The van der Waals surface area contributed by atoms with Gasteiger partial charge in [0.05, 0.1) is 40.3 Å². The molecular weight excluding hydrogens is 572 g/mol. The van der Waals surface area contributed by atoms with Gasteiger partial charge in [-0.3, -0.25) is 14.2 Å². The molecule has 1 fully saturated rings. The standard InChI is InChI=1S/C24H18Cl2F5N5O3/c1-10(27)22(37)34-3-4-35-11(9-34)2-5-39-15-8-33-19-12(20(15)35)6-16(24(29,30)31)36(23(19)38)21-17(28)13(25)7-14(26)18(21)32/h6-8,11H,1-5,9,32H2. The third-order valence-corrected chi connectivity index (χ3v) is 7.27. The minimum Gasteiger partial charge on any atom is -0.490 e. The minimum atomic E-state index is -5.17. The molecule has 1 aromatic carbocycles. The highest BCUT2D eigenvalue weighted by Crippen LogP contribution is 2.43. The van der Waals surface area contributed by atoms with Crippen LogP contribution >= 0.6 is 23.2 Å². The number of piperazine rings is 1. The smallest absolute Gasteiger partial charge is 0.431 e. The van der Waals surface area contributed by atoms with Crippen molar-refractivity contribution in [3.63, 3.8) is 0 Å². The number of rotatable bonds is 2. The van der Waals surface area contributed by atoms with Crippen molar-refractivity contribution in [1.29, 1.82) is 0 Å². The van der Waals surface area contributed by atoms with E-state index >= 15 is 4.39 Å². The van der Waals surface area contributed by atoms with Gasteiger partial charge in [0.15, 0.2) is 17.4 Å². The summed E-state index contributed by atoms with van der Waals surface area (Å²) < 4.78 is 77.6. The van der Waals surface area contributed by atoms with Gasteiger partial charge in [-0.2, -0.15) is 13.2 Å². The molecule has 0 spiro atoms. The summed E-state index contributed by atoms with van der Waals surface area (Å²) >= 11 is 11.8. The average molecular weight is 590 g/mol. The summed E-state index contributed by atoms with van der Waals surface area (Å²) in [5, 5.41) is -1.21. The number of carbonyl (C=O) groups excluding carboxylic acids is 1. The van der Waals surface area contributed by atoms with Gasteiger partial charge in [-0.25, -0.2) is 13.8 Å². The Morgan fingerprint density at radius 3 is 2.56 bits per heavy atom. The molecule has 15 heteroatoms. The maximum atomic E-state index is 15.1. The molecule has 39 heavy (non-hydrogen) atoms. The van der Waals surface area contributed by atoms with Crippen LogP contribution in [0.4, 0.5) is 33.3 Å². The van der Waals surface area contributed by atoms with E-state index in [1.54, 1.807) is 4.90 Å². The number of benzene rings is 1. The maximum absolute atomic E-state index is 15.1. The first kappa shape index (κ1) is 27.0. The number of alkyl halides is 3. The second-order valence-corrected chi connectivity index (χ2v) is 9.77. The predicted molar refractivity (Wildman–Crippen MR) is 135 cm³/mol. The van der Waals surface area contributed by atoms with E-state index < -0.39 is 62.9 Å². The van der Waals surface area contributed by atoms with E-state index in [9.17, 15) is 27.2 Å². The number of ether oxygens (including phenoxy) is 1. The molecule has 1 unspecified atom stereocenters. The Hall–Kier alpha value is -3.58. The number of hydrogen-bond acceptors (Lipinski definition) is 6. The number of carbonyl (C=O) groups is 1. The second-order valence-electron chi connectivity index (χ2n) is 8.96. The van der Waals surface area contributed by atoms with Crippen LogP contribution in [0.3, 0.4) is 0 Å². The van der Waals surface area contributed by atoms with E-state index in [-0.39, 0.29) is 52.7 Å². The highest BCUT2D eigenvalue weighted by atomic mass is 35.5. The van der Waals surface area contributed by atoms with Gasteiger partial charge in [0.2, 0.25) is 0 Å². The van der Waals surface area contributed by atoms with E-state index in [0.717, 1.165) is 6.07 Å². The molecular formula is C24H18Cl2F5N5O3. The lowest BCUT2D eigenvalue weighted by Gasteiger charge is -2.41. The van der Waals surface area contributed by atoms with Crippen LogP contribution < -0.4 is 20.9 Å². The lowest BCUT2D eigenvalue weighted by molar-refractivity contribution is -0.142. The van der Waals surface area contributed by atoms with Gasteiger partial charge in [-0.15, -0.1) is 0 Å². The van der Waals surface area contributed by atoms with Crippen LogP contribution in [0.1, 0.15) is 12.1 Å². The number of fused-ring (bicyclic) bond motifs is 5. The maximum Gasteiger partial charge on any atom is 0.431 e. The van der Waals surface area contributed by atoms with Crippen molar-refractivity contribution in [1.82, 2.24) is 14.5 Å². The fourth-order valence-electron chi connectivity index (χ4n) is 4.93. The summed E-state index contributed by atoms with van der Waals surface area (Å²) in [5.74, 6) is -3.28. The molecule has 2 aliphatic rings. The third kappa shape index (κ3) is 4.42. The summed E-state index contributed by atoms with van der Waals surface area (Å²) in [5.41, 5.74) is 1.06. The van der Waals surface area contributed by atoms with Gasteiger partial charge in [-0.1, -0.05) is 29.8 Å². The van der Waals surface area contributed by atoms with E-state index in [1.165, 1.54) is 11.1 Å². The molecule has 8 nitrogen and oxygen atoms in total. The normalized spacial score (nSPS) is 17.4. The zero-order valence-electron chi connectivity index (χ0n) is 19.8. The van der Waals surface area contributed by atoms with E-state index in [0.29, 0.717) is 12.5 Å². The monoisotopic (exact) mass is 589 g/mol. The number of nitrogens with two attached hydrogens (primary N) is 1. The molecule has 0 radical (unpaired) electrons. The Kier molecular flexibility index (Phi) is 6.62. The van der Waals surface area contributed by atoms with Crippen LogP contribution in [0.5, 0.6) is 5.75 Å². The summed E-state index contributed by atoms with van der Waals surface area (Å²) in [6, 6.07) is 1.09.